The molecule has 0 radical (unpaired) electrons. The Labute approximate surface area is 186 Å². The first-order valence-electron chi connectivity index (χ1n) is 9.03. The molecule has 140 valence electrons. The fourth-order valence-corrected chi connectivity index (χ4v) is 6.23. The van der Waals surface area contributed by atoms with Crippen LogP contribution in [0.5, 0.6) is 0 Å². The molecule has 1 aliphatic rings. The Morgan fingerprint density at radius 1 is 0.655 bits per heavy atom. The number of nitrogens with zero attached hydrogens (tertiary/aromatic N) is 1. The highest BCUT2D eigenvalue weighted by molar-refractivity contribution is 9.10. The van der Waals surface area contributed by atoms with Crippen molar-refractivity contribution in [2.45, 2.75) is 0 Å². The quantitative estimate of drug-likeness (QED) is 0.288. The van der Waals surface area contributed by atoms with Crippen LogP contribution in [0.2, 0.25) is 0 Å². The molecule has 5 heteroatoms. The normalized spacial score (nSPS) is 13.2. The fraction of sp³-hybridized carbons (Fsp3) is 0. The number of rotatable bonds is 3. The van der Waals surface area contributed by atoms with Crippen LogP contribution in [0, 0.1) is 7.14 Å². The maximum Gasteiger partial charge on any atom is 0.357 e. The lowest BCUT2D eigenvalue weighted by atomic mass is 9.94. The van der Waals surface area contributed by atoms with Crippen LogP contribution in [-0.2, 0) is 0 Å². The second-order valence-corrected chi connectivity index (χ2v) is 10.5. The first-order chi connectivity index (χ1) is 14.1. The second-order valence-electron chi connectivity index (χ2n) is 6.64. The summed E-state index contributed by atoms with van der Waals surface area (Å²) >= 11 is 3.23. The van der Waals surface area contributed by atoms with Gasteiger partial charge in [0.25, 0.3) is 11.8 Å². The first-order valence-corrected chi connectivity index (χ1v) is 12.0. The van der Waals surface area contributed by atoms with E-state index in [-0.39, 0.29) is 33.0 Å². The molecule has 2 amide bonds. The monoisotopic (exact) mass is 554 g/mol. The fourth-order valence-electron chi connectivity index (χ4n) is 3.55. The molecule has 0 aliphatic carbocycles. The Morgan fingerprint density at radius 3 is 2.03 bits per heavy atom. The maximum absolute atomic E-state index is 13.2. The van der Waals surface area contributed by atoms with Gasteiger partial charge in [0, 0.05) is 21.0 Å². The highest BCUT2D eigenvalue weighted by Crippen LogP contribution is 2.35. The SMILES string of the molecule is O=C1c2cccc3c(Br)ccc(c23)C(=O)N1c1ccc([I+]c2ccccc2)cc1. The number of carbonyl (C=O) groups is 2. The summed E-state index contributed by atoms with van der Waals surface area (Å²) in [7, 11) is 0. The Kier molecular flexibility index (Phi) is 4.72. The zero-order valence-electron chi connectivity index (χ0n) is 15.1. The molecule has 0 aromatic heterocycles. The Bertz CT molecular complexity index is 1250. The highest BCUT2D eigenvalue weighted by Gasteiger charge is 2.34. The average molecular weight is 555 g/mol. The zero-order valence-corrected chi connectivity index (χ0v) is 18.8. The van der Waals surface area contributed by atoms with Crippen LogP contribution in [0.25, 0.3) is 10.8 Å². The van der Waals surface area contributed by atoms with Gasteiger partial charge in [-0.05, 0) is 60.0 Å². The Hall–Kier alpha value is -2.51. The molecule has 4 aromatic carbocycles. The number of carbonyl (C=O) groups excluding carboxylic acids is 2. The predicted molar refractivity (Wildman–Crippen MR) is 113 cm³/mol. The molecule has 0 atom stereocenters. The minimum atomic E-state index is -0.294. The summed E-state index contributed by atoms with van der Waals surface area (Å²) in [6, 6.07) is 27.4. The van der Waals surface area contributed by atoms with E-state index < -0.39 is 0 Å². The molecular formula is C24H14BrINO2+. The molecular weight excluding hydrogens is 541 g/mol. The number of halogens is 2. The molecule has 0 spiro atoms. The van der Waals surface area contributed by atoms with Gasteiger partial charge in [-0.1, -0.05) is 46.3 Å². The molecule has 29 heavy (non-hydrogen) atoms. The largest absolute Gasteiger partial charge is 0.357 e. The highest BCUT2D eigenvalue weighted by atomic mass is 127. The molecule has 1 heterocycles. The van der Waals surface area contributed by atoms with Gasteiger partial charge in [0.2, 0.25) is 0 Å². The summed E-state index contributed by atoms with van der Waals surface area (Å²) in [4.78, 5) is 27.7. The van der Waals surface area contributed by atoms with E-state index in [0.29, 0.717) is 16.8 Å². The molecule has 4 aromatic rings. The van der Waals surface area contributed by atoms with Gasteiger partial charge in [0.1, 0.15) is 0 Å². The van der Waals surface area contributed by atoms with Crippen LogP contribution in [0.1, 0.15) is 20.7 Å². The predicted octanol–water partition coefficient (Wildman–Crippen LogP) is 2.53. The third-order valence-electron chi connectivity index (χ3n) is 4.89. The zero-order chi connectivity index (χ0) is 20.0. The maximum atomic E-state index is 13.2. The molecule has 0 unspecified atom stereocenters. The smallest absolute Gasteiger partial charge is 0.268 e. The van der Waals surface area contributed by atoms with Crippen molar-refractivity contribution in [2.24, 2.45) is 0 Å². The second kappa shape index (κ2) is 7.39. The van der Waals surface area contributed by atoms with E-state index in [1.807, 2.05) is 60.7 Å². The number of hydrogen-bond acceptors (Lipinski definition) is 2. The van der Waals surface area contributed by atoms with Crippen molar-refractivity contribution in [2.75, 3.05) is 4.90 Å². The van der Waals surface area contributed by atoms with Gasteiger partial charge >= 0.3 is 21.2 Å². The lowest BCUT2D eigenvalue weighted by Gasteiger charge is -2.27. The molecule has 0 N–H and O–H groups in total. The molecule has 0 fully saturated rings. The molecule has 5 rings (SSSR count). The summed E-state index contributed by atoms with van der Waals surface area (Å²) in [5.74, 6) is -0.562. The lowest BCUT2D eigenvalue weighted by Crippen LogP contribution is -3.61. The number of amides is 2. The average Bonchev–Trinajstić information content (AvgIpc) is 2.75. The van der Waals surface area contributed by atoms with E-state index in [0.717, 1.165) is 15.2 Å². The van der Waals surface area contributed by atoms with Gasteiger partial charge in [0.15, 0.2) is 7.14 Å². The summed E-state index contributed by atoms with van der Waals surface area (Å²) in [5, 5.41) is 1.60. The van der Waals surface area contributed by atoms with E-state index in [2.05, 4.69) is 28.1 Å². The van der Waals surface area contributed by atoms with Crippen LogP contribution in [0.15, 0.2) is 89.4 Å². The van der Waals surface area contributed by atoms with Gasteiger partial charge < -0.3 is 0 Å². The molecule has 0 saturated carbocycles. The molecule has 0 bridgehead atoms. The molecule has 3 nitrogen and oxygen atoms in total. The molecule has 0 saturated heterocycles. The van der Waals surface area contributed by atoms with Crippen molar-refractivity contribution >= 4 is 44.2 Å². The summed E-state index contributed by atoms with van der Waals surface area (Å²) < 4.78 is 3.44. The summed E-state index contributed by atoms with van der Waals surface area (Å²) in [5.41, 5.74) is 1.71. The standard InChI is InChI=1S/C24H14BrINO2/c25-21-14-13-20-22-18(21)7-4-8-19(22)23(28)27(24(20)29)17-11-9-16(10-12-17)26-15-5-2-1-3-6-15/h1-14H/q+1. The van der Waals surface area contributed by atoms with Crippen molar-refractivity contribution < 1.29 is 30.8 Å². The number of benzene rings is 4. The van der Waals surface area contributed by atoms with Gasteiger partial charge in [-0.25, -0.2) is 4.90 Å². The van der Waals surface area contributed by atoms with Crippen molar-refractivity contribution in [3.05, 3.63) is 108 Å². The number of anilines is 1. The van der Waals surface area contributed by atoms with Gasteiger partial charge in [-0.3, -0.25) is 9.59 Å². The third-order valence-corrected chi connectivity index (χ3v) is 8.27. The minimum absolute atomic E-state index is 0.281. The number of hydrogen-bond donors (Lipinski definition) is 0. The van der Waals surface area contributed by atoms with E-state index in [1.54, 1.807) is 12.1 Å². The topological polar surface area (TPSA) is 37.4 Å². The van der Waals surface area contributed by atoms with E-state index >= 15 is 0 Å². The van der Waals surface area contributed by atoms with E-state index in [9.17, 15) is 9.59 Å². The van der Waals surface area contributed by atoms with Crippen molar-refractivity contribution in [3.8, 4) is 0 Å². The van der Waals surface area contributed by atoms with Crippen molar-refractivity contribution in [1.29, 1.82) is 0 Å². The van der Waals surface area contributed by atoms with Gasteiger partial charge in [-0.15, -0.1) is 0 Å². The van der Waals surface area contributed by atoms with Crippen molar-refractivity contribution in [1.82, 2.24) is 0 Å². The van der Waals surface area contributed by atoms with Crippen LogP contribution < -0.4 is 26.1 Å². The van der Waals surface area contributed by atoms with E-state index in [4.69, 9.17) is 0 Å². The lowest BCUT2D eigenvalue weighted by molar-refractivity contribution is -0.597. The Balaban J connectivity index is 1.53. The van der Waals surface area contributed by atoms with Crippen LogP contribution in [-0.4, -0.2) is 11.8 Å². The van der Waals surface area contributed by atoms with E-state index in [1.165, 1.54) is 12.0 Å². The van der Waals surface area contributed by atoms with Gasteiger partial charge in [0.05, 0.1) is 5.69 Å². The Morgan fingerprint density at radius 2 is 1.31 bits per heavy atom. The number of imide groups is 1. The third kappa shape index (κ3) is 3.18. The molecule has 1 aliphatic heterocycles. The summed E-state index contributed by atoms with van der Waals surface area (Å²) in [6.07, 6.45) is 0. The first kappa shape index (κ1) is 18.5. The van der Waals surface area contributed by atoms with Crippen LogP contribution in [0.3, 0.4) is 0 Å². The minimum Gasteiger partial charge on any atom is -0.268 e. The summed E-state index contributed by atoms with van der Waals surface area (Å²) in [6.45, 7) is 0. The van der Waals surface area contributed by atoms with Gasteiger partial charge in [-0.2, -0.15) is 0 Å². The van der Waals surface area contributed by atoms with Crippen LogP contribution >= 0.6 is 15.9 Å². The van der Waals surface area contributed by atoms with Crippen molar-refractivity contribution in [3.63, 3.8) is 0 Å². The van der Waals surface area contributed by atoms with Crippen LogP contribution in [0.4, 0.5) is 5.69 Å².